The normalized spacial score (nSPS) is 10.4. The molecular weight excluding hydrogens is 406 g/mol. The molecule has 0 atom stereocenters. The zero-order chi connectivity index (χ0) is 24.5. The summed E-state index contributed by atoms with van der Waals surface area (Å²) in [4.78, 5) is 29.7. The molecule has 0 aromatic heterocycles. The van der Waals surface area contributed by atoms with Gasteiger partial charge in [0.2, 0.25) is 5.91 Å². The van der Waals surface area contributed by atoms with Crippen molar-refractivity contribution in [1.82, 2.24) is 0 Å². The number of carboxylic acid groups (broad SMARTS) is 2. The minimum Gasteiger partial charge on any atom is -0.478 e. The molecule has 0 spiro atoms. The number of rotatable bonds is 20. The van der Waals surface area contributed by atoms with Gasteiger partial charge >= 0.3 is 11.9 Å². The van der Waals surface area contributed by atoms with Crippen molar-refractivity contribution in [1.29, 1.82) is 0 Å². The number of unbranched alkanes of at least 4 members (excludes halogenated alkanes) is 15. The highest BCUT2D eigenvalue weighted by Crippen LogP contribution is 2.14. The first-order valence-electron chi connectivity index (χ1n) is 12.3. The minimum absolute atomic E-state index is 0.154. The lowest BCUT2D eigenvalue weighted by Gasteiger charge is -2.03. The Morgan fingerprint density at radius 2 is 0.906 bits per heavy atom. The Balaban J connectivity index is 0. The molecular formula is C26H47NO5. The highest BCUT2D eigenvalue weighted by atomic mass is 16.4. The lowest BCUT2D eigenvalue weighted by atomic mass is 10.0. The van der Waals surface area contributed by atoms with Gasteiger partial charge in [-0.05, 0) is 33.1 Å². The van der Waals surface area contributed by atoms with Gasteiger partial charge in [-0.3, -0.25) is 4.79 Å². The molecule has 0 bridgehead atoms. The first-order chi connectivity index (χ1) is 15.3. The number of carbonyl (C=O) groups is 3. The number of nitrogens with two attached hydrogens (primary N) is 1. The van der Waals surface area contributed by atoms with Crippen molar-refractivity contribution in [2.75, 3.05) is 0 Å². The van der Waals surface area contributed by atoms with Gasteiger partial charge < -0.3 is 15.9 Å². The first-order valence-corrected chi connectivity index (χ1v) is 12.3. The number of carboxylic acids is 2. The SMILES string of the molecule is CC(C)=CCCCCCCCCCCCCCCCCCC(N)=O.O=C(O)/C=C\C(=O)O. The van der Waals surface area contributed by atoms with E-state index >= 15 is 0 Å². The zero-order valence-corrected chi connectivity index (χ0v) is 20.4. The van der Waals surface area contributed by atoms with Gasteiger partial charge in [-0.15, -0.1) is 0 Å². The molecule has 0 saturated carbocycles. The molecule has 0 aromatic rings. The molecule has 0 aliphatic rings. The predicted octanol–water partition coefficient (Wildman–Crippen LogP) is 6.78. The summed E-state index contributed by atoms with van der Waals surface area (Å²) >= 11 is 0. The Bertz CT molecular complexity index is 520. The van der Waals surface area contributed by atoms with Crippen LogP contribution in [0.1, 0.15) is 123 Å². The van der Waals surface area contributed by atoms with E-state index in [1.807, 2.05) is 0 Å². The summed E-state index contributed by atoms with van der Waals surface area (Å²) in [6.45, 7) is 4.37. The second-order valence-electron chi connectivity index (χ2n) is 8.60. The van der Waals surface area contributed by atoms with Crippen molar-refractivity contribution in [3.63, 3.8) is 0 Å². The van der Waals surface area contributed by atoms with E-state index in [0.717, 1.165) is 12.8 Å². The van der Waals surface area contributed by atoms with Crippen LogP contribution in [0.3, 0.4) is 0 Å². The van der Waals surface area contributed by atoms with Crippen LogP contribution in [0.4, 0.5) is 0 Å². The summed E-state index contributed by atoms with van der Waals surface area (Å²) in [5.41, 5.74) is 6.58. The molecule has 186 valence electrons. The number of amides is 1. The molecule has 0 aliphatic carbocycles. The summed E-state index contributed by atoms with van der Waals surface area (Å²) in [5.74, 6) is -2.67. The number of aliphatic carboxylic acids is 2. The smallest absolute Gasteiger partial charge is 0.328 e. The quantitative estimate of drug-likeness (QED) is 0.107. The summed E-state index contributed by atoms with van der Waals surface area (Å²) < 4.78 is 0. The largest absolute Gasteiger partial charge is 0.478 e. The van der Waals surface area contributed by atoms with E-state index in [1.165, 1.54) is 95.5 Å². The van der Waals surface area contributed by atoms with Crippen molar-refractivity contribution in [2.45, 2.75) is 123 Å². The van der Waals surface area contributed by atoms with Crippen LogP contribution in [-0.4, -0.2) is 28.1 Å². The predicted molar refractivity (Wildman–Crippen MR) is 132 cm³/mol. The van der Waals surface area contributed by atoms with Gasteiger partial charge in [0.25, 0.3) is 0 Å². The maximum atomic E-state index is 10.6. The van der Waals surface area contributed by atoms with Crippen LogP contribution >= 0.6 is 0 Å². The van der Waals surface area contributed by atoms with Gasteiger partial charge in [-0.1, -0.05) is 95.1 Å². The van der Waals surface area contributed by atoms with Crippen molar-refractivity contribution >= 4 is 17.8 Å². The van der Waals surface area contributed by atoms with Gasteiger partial charge in [0, 0.05) is 18.6 Å². The van der Waals surface area contributed by atoms with E-state index in [0.29, 0.717) is 18.6 Å². The molecule has 0 saturated heterocycles. The maximum Gasteiger partial charge on any atom is 0.328 e. The summed E-state index contributed by atoms with van der Waals surface area (Å²) in [6, 6.07) is 0. The second kappa shape index (κ2) is 25.2. The van der Waals surface area contributed by atoms with Crippen molar-refractivity contribution in [3.8, 4) is 0 Å². The molecule has 0 aliphatic heterocycles. The van der Waals surface area contributed by atoms with E-state index in [4.69, 9.17) is 15.9 Å². The fourth-order valence-corrected chi connectivity index (χ4v) is 3.27. The lowest BCUT2D eigenvalue weighted by molar-refractivity contribution is -0.134. The minimum atomic E-state index is -1.26. The molecule has 1 amide bonds. The Morgan fingerprint density at radius 1 is 0.594 bits per heavy atom. The van der Waals surface area contributed by atoms with E-state index in [-0.39, 0.29) is 5.91 Å². The molecule has 0 radical (unpaired) electrons. The van der Waals surface area contributed by atoms with Crippen LogP contribution in [0.5, 0.6) is 0 Å². The third-order valence-corrected chi connectivity index (χ3v) is 5.05. The van der Waals surface area contributed by atoms with E-state index in [2.05, 4.69) is 19.9 Å². The van der Waals surface area contributed by atoms with Crippen LogP contribution in [-0.2, 0) is 14.4 Å². The summed E-state index contributed by atoms with van der Waals surface area (Å²) in [5, 5.41) is 15.6. The Labute approximate surface area is 195 Å². The third kappa shape index (κ3) is 35.3. The molecule has 32 heavy (non-hydrogen) atoms. The van der Waals surface area contributed by atoms with Gasteiger partial charge in [-0.2, -0.15) is 0 Å². The van der Waals surface area contributed by atoms with Crippen LogP contribution < -0.4 is 5.73 Å². The van der Waals surface area contributed by atoms with Crippen LogP contribution in [0, 0.1) is 0 Å². The van der Waals surface area contributed by atoms with Crippen molar-refractivity contribution in [3.05, 3.63) is 23.8 Å². The van der Waals surface area contributed by atoms with Crippen LogP contribution in [0.2, 0.25) is 0 Å². The molecule has 0 heterocycles. The summed E-state index contributed by atoms with van der Waals surface area (Å²) in [7, 11) is 0. The van der Waals surface area contributed by atoms with E-state index < -0.39 is 11.9 Å². The molecule has 6 nitrogen and oxygen atoms in total. The average Bonchev–Trinajstić information content (AvgIpc) is 2.71. The summed E-state index contributed by atoms with van der Waals surface area (Å²) in [6.07, 6.45) is 25.5. The number of allylic oxidation sites excluding steroid dienone is 2. The average molecular weight is 454 g/mol. The van der Waals surface area contributed by atoms with Gasteiger partial charge in [0.05, 0.1) is 0 Å². The lowest BCUT2D eigenvalue weighted by Crippen LogP contribution is -2.09. The number of hydrogen-bond donors (Lipinski definition) is 3. The van der Waals surface area contributed by atoms with Crippen molar-refractivity contribution in [2.24, 2.45) is 5.73 Å². The molecule has 0 rings (SSSR count). The van der Waals surface area contributed by atoms with E-state index in [9.17, 15) is 14.4 Å². The molecule has 4 N–H and O–H groups in total. The number of carbonyl (C=O) groups excluding carboxylic acids is 1. The molecule has 0 aromatic carbocycles. The first kappa shape index (κ1) is 32.1. The van der Waals surface area contributed by atoms with Crippen molar-refractivity contribution < 1.29 is 24.6 Å². The number of hydrogen-bond acceptors (Lipinski definition) is 3. The van der Waals surface area contributed by atoms with Gasteiger partial charge in [0.1, 0.15) is 0 Å². The highest BCUT2D eigenvalue weighted by molar-refractivity contribution is 5.89. The number of primary amides is 1. The van der Waals surface area contributed by atoms with E-state index in [1.54, 1.807) is 0 Å². The molecule has 0 fully saturated rings. The Kier molecular flexibility index (Phi) is 25.2. The standard InChI is InChI=1S/C22H43NO.C4H4O4/c1-21(2)19-17-15-13-11-9-7-5-3-4-6-8-10-12-14-16-18-20-22(23)24;5-3(6)1-2-4(7)8/h19H,3-18,20H2,1-2H3,(H2,23,24);1-2H,(H,5,6)(H,7,8)/b;2-1-. The van der Waals surface area contributed by atoms with Gasteiger partial charge in [0.15, 0.2) is 0 Å². The second-order valence-corrected chi connectivity index (χ2v) is 8.60. The fraction of sp³-hybridized carbons (Fsp3) is 0.731. The zero-order valence-electron chi connectivity index (χ0n) is 20.4. The van der Waals surface area contributed by atoms with Crippen LogP contribution in [0.15, 0.2) is 23.8 Å². The highest BCUT2D eigenvalue weighted by Gasteiger charge is 1.96. The molecule has 6 heteroatoms. The van der Waals surface area contributed by atoms with Gasteiger partial charge in [-0.25, -0.2) is 9.59 Å². The Hall–Kier alpha value is -2.11. The third-order valence-electron chi connectivity index (χ3n) is 5.05. The fourth-order valence-electron chi connectivity index (χ4n) is 3.27. The monoisotopic (exact) mass is 453 g/mol. The maximum absolute atomic E-state index is 10.6. The Morgan fingerprint density at radius 3 is 1.19 bits per heavy atom. The molecule has 0 unspecified atom stereocenters. The topological polar surface area (TPSA) is 118 Å². The van der Waals surface area contributed by atoms with Crippen LogP contribution in [0.25, 0.3) is 0 Å².